The summed E-state index contributed by atoms with van der Waals surface area (Å²) in [4.78, 5) is 14.6. The fourth-order valence-electron chi connectivity index (χ4n) is 3.30. The molecular weight excluding hydrogens is 360 g/mol. The summed E-state index contributed by atoms with van der Waals surface area (Å²) in [6.45, 7) is 8.54. The summed E-state index contributed by atoms with van der Waals surface area (Å²) in [5.41, 5.74) is 1.00. The van der Waals surface area contributed by atoms with E-state index in [9.17, 15) is 4.79 Å². The Morgan fingerprint density at radius 3 is 2.96 bits per heavy atom. The summed E-state index contributed by atoms with van der Waals surface area (Å²) in [7, 11) is 0. The van der Waals surface area contributed by atoms with Gasteiger partial charge in [0.1, 0.15) is 18.5 Å². The van der Waals surface area contributed by atoms with Gasteiger partial charge in [0.15, 0.2) is 0 Å². The van der Waals surface area contributed by atoms with E-state index in [1.54, 1.807) is 6.92 Å². The van der Waals surface area contributed by atoms with Crippen LogP contribution in [0.3, 0.4) is 0 Å². The lowest BCUT2D eigenvalue weighted by Gasteiger charge is -2.26. The van der Waals surface area contributed by atoms with Crippen molar-refractivity contribution in [3.8, 4) is 5.75 Å². The van der Waals surface area contributed by atoms with Crippen molar-refractivity contribution < 1.29 is 23.7 Å². The number of amides is 1. The topological polar surface area (TPSA) is 69.3 Å². The maximum absolute atomic E-state index is 12.2. The molecule has 2 atom stereocenters. The number of ether oxygens (including phenoxy) is 4. The molecule has 0 radical (unpaired) electrons. The van der Waals surface area contributed by atoms with Gasteiger partial charge in [-0.1, -0.05) is 12.1 Å². The van der Waals surface area contributed by atoms with E-state index >= 15 is 0 Å². The predicted octanol–water partition coefficient (Wildman–Crippen LogP) is 1.60. The molecule has 156 valence electrons. The van der Waals surface area contributed by atoms with Gasteiger partial charge < -0.3 is 24.3 Å². The number of morpholine rings is 1. The molecule has 1 aromatic rings. The van der Waals surface area contributed by atoms with Gasteiger partial charge in [-0.25, -0.2) is 0 Å². The summed E-state index contributed by atoms with van der Waals surface area (Å²) in [6.07, 6.45) is 1.71. The molecule has 1 N–H and O–H groups in total. The molecule has 1 aromatic carbocycles. The van der Waals surface area contributed by atoms with Gasteiger partial charge in [-0.15, -0.1) is 0 Å². The van der Waals surface area contributed by atoms with Gasteiger partial charge >= 0.3 is 0 Å². The van der Waals surface area contributed by atoms with Crippen LogP contribution in [0.5, 0.6) is 5.75 Å². The van der Waals surface area contributed by atoms with Gasteiger partial charge in [0.2, 0.25) is 5.91 Å². The Kier molecular flexibility index (Phi) is 8.54. The van der Waals surface area contributed by atoms with E-state index in [1.165, 1.54) is 0 Å². The summed E-state index contributed by atoms with van der Waals surface area (Å²) >= 11 is 0. The van der Waals surface area contributed by atoms with Gasteiger partial charge in [-0.2, -0.15) is 0 Å². The van der Waals surface area contributed by atoms with Crippen molar-refractivity contribution >= 4 is 5.91 Å². The van der Waals surface area contributed by atoms with Crippen LogP contribution in [0.25, 0.3) is 0 Å². The molecule has 1 amide bonds. The van der Waals surface area contributed by atoms with Gasteiger partial charge in [0.05, 0.1) is 25.9 Å². The van der Waals surface area contributed by atoms with Crippen molar-refractivity contribution in [2.24, 2.45) is 0 Å². The molecule has 0 spiro atoms. The lowest BCUT2D eigenvalue weighted by molar-refractivity contribution is -0.133. The van der Waals surface area contributed by atoms with E-state index in [4.69, 9.17) is 18.9 Å². The molecule has 2 aliphatic rings. The van der Waals surface area contributed by atoms with Crippen molar-refractivity contribution in [3.05, 3.63) is 29.8 Å². The first-order valence-electron chi connectivity index (χ1n) is 10.2. The predicted molar refractivity (Wildman–Crippen MR) is 105 cm³/mol. The molecule has 2 saturated heterocycles. The third kappa shape index (κ3) is 7.05. The maximum atomic E-state index is 12.2. The van der Waals surface area contributed by atoms with Crippen LogP contribution in [0.4, 0.5) is 0 Å². The van der Waals surface area contributed by atoms with Crippen molar-refractivity contribution in [3.63, 3.8) is 0 Å². The Morgan fingerprint density at radius 2 is 2.18 bits per heavy atom. The first kappa shape index (κ1) is 21.0. The summed E-state index contributed by atoms with van der Waals surface area (Å²) < 4.78 is 22.4. The van der Waals surface area contributed by atoms with Gasteiger partial charge in [0.25, 0.3) is 0 Å². The van der Waals surface area contributed by atoms with Crippen molar-refractivity contribution in [2.75, 3.05) is 52.7 Å². The van der Waals surface area contributed by atoms with Crippen LogP contribution >= 0.6 is 0 Å². The highest BCUT2D eigenvalue weighted by molar-refractivity contribution is 5.80. The number of hydrogen-bond acceptors (Lipinski definition) is 6. The normalized spacial score (nSPS) is 21.4. The van der Waals surface area contributed by atoms with Gasteiger partial charge in [0, 0.05) is 32.8 Å². The molecule has 0 bridgehead atoms. The molecule has 2 unspecified atom stereocenters. The number of nitrogens with zero attached hydrogens (tertiary/aromatic N) is 1. The Labute approximate surface area is 167 Å². The number of hydrogen-bond donors (Lipinski definition) is 1. The number of carbonyl (C=O) groups excluding carboxylic acids is 1. The number of benzene rings is 1. The van der Waals surface area contributed by atoms with Crippen molar-refractivity contribution in [1.82, 2.24) is 10.2 Å². The Hall–Kier alpha value is -1.67. The van der Waals surface area contributed by atoms with Crippen LogP contribution in [0.1, 0.15) is 25.3 Å². The summed E-state index contributed by atoms with van der Waals surface area (Å²) in [5.74, 6) is 0.708. The lowest BCUT2D eigenvalue weighted by Crippen LogP contribution is -2.38. The number of rotatable bonds is 10. The third-order valence-electron chi connectivity index (χ3n) is 5.07. The minimum Gasteiger partial charge on any atom is -0.492 e. The lowest BCUT2D eigenvalue weighted by atomic mass is 10.2. The highest BCUT2D eigenvalue weighted by atomic mass is 16.5. The highest BCUT2D eigenvalue weighted by Crippen LogP contribution is 2.14. The van der Waals surface area contributed by atoms with E-state index in [2.05, 4.69) is 10.2 Å². The molecule has 0 aliphatic carbocycles. The zero-order valence-corrected chi connectivity index (χ0v) is 16.7. The van der Waals surface area contributed by atoms with Crippen LogP contribution < -0.4 is 10.1 Å². The average molecular weight is 392 g/mol. The SMILES string of the molecule is CC(OCC1CCCO1)C(=O)NCc1cccc(OCCN2CCOCC2)c1. The first-order valence-corrected chi connectivity index (χ1v) is 10.2. The van der Waals surface area contributed by atoms with E-state index in [-0.39, 0.29) is 12.0 Å². The van der Waals surface area contributed by atoms with E-state index in [1.807, 2.05) is 24.3 Å². The largest absolute Gasteiger partial charge is 0.492 e. The van der Waals surface area contributed by atoms with Crippen LogP contribution in [-0.2, 0) is 25.5 Å². The smallest absolute Gasteiger partial charge is 0.249 e. The molecule has 2 aliphatic heterocycles. The second-order valence-electron chi connectivity index (χ2n) is 7.28. The average Bonchev–Trinajstić information content (AvgIpc) is 3.25. The first-order chi connectivity index (χ1) is 13.7. The van der Waals surface area contributed by atoms with E-state index in [0.717, 1.165) is 63.6 Å². The summed E-state index contributed by atoms with van der Waals surface area (Å²) in [5, 5.41) is 2.93. The molecule has 3 rings (SSSR count). The molecule has 28 heavy (non-hydrogen) atoms. The van der Waals surface area contributed by atoms with Crippen LogP contribution in [-0.4, -0.2) is 75.7 Å². The molecule has 0 aromatic heterocycles. The molecule has 2 heterocycles. The zero-order valence-electron chi connectivity index (χ0n) is 16.7. The quantitative estimate of drug-likeness (QED) is 0.652. The van der Waals surface area contributed by atoms with Crippen LogP contribution in [0.2, 0.25) is 0 Å². The Balaban J connectivity index is 1.35. The Morgan fingerprint density at radius 1 is 1.32 bits per heavy atom. The van der Waals surface area contributed by atoms with Gasteiger partial charge in [-0.05, 0) is 37.5 Å². The summed E-state index contributed by atoms with van der Waals surface area (Å²) in [6, 6.07) is 7.84. The minimum atomic E-state index is -0.489. The number of carbonyl (C=O) groups is 1. The molecule has 7 nitrogen and oxygen atoms in total. The van der Waals surface area contributed by atoms with Crippen LogP contribution in [0.15, 0.2) is 24.3 Å². The number of nitrogens with one attached hydrogen (secondary N) is 1. The molecular formula is C21H32N2O5. The monoisotopic (exact) mass is 392 g/mol. The highest BCUT2D eigenvalue weighted by Gasteiger charge is 2.19. The third-order valence-corrected chi connectivity index (χ3v) is 5.07. The minimum absolute atomic E-state index is 0.114. The second kappa shape index (κ2) is 11.4. The maximum Gasteiger partial charge on any atom is 0.249 e. The Bertz CT molecular complexity index is 600. The van der Waals surface area contributed by atoms with Gasteiger partial charge in [-0.3, -0.25) is 9.69 Å². The molecule has 2 fully saturated rings. The zero-order chi connectivity index (χ0) is 19.6. The molecule has 7 heteroatoms. The van der Waals surface area contributed by atoms with Crippen molar-refractivity contribution in [1.29, 1.82) is 0 Å². The van der Waals surface area contributed by atoms with Crippen LogP contribution in [0, 0.1) is 0 Å². The van der Waals surface area contributed by atoms with Crippen molar-refractivity contribution in [2.45, 2.75) is 38.5 Å². The second-order valence-corrected chi connectivity index (χ2v) is 7.28. The fourth-order valence-corrected chi connectivity index (χ4v) is 3.30. The molecule has 0 saturated carbocycles. The van der Waals surface area contributed by atoms with E-state index < -0.39 is 6.10 Å². The fraction of sp³-hybridized carbons (Fsp3) is 0.667. The standard InChI is InChI=1S/C21H32N2O5/c1-17(28-16-20-6-3-10-26-20)21(24)22-15-18-4-2-5-19(14-18)27-13-9-23-7-11-25-12-8-23/h2,4-5,14,17,20H,3,6-13,15-16H2,1H3,(H,22,24). The van der Waals surface area contributed by atoms with E-state index in [0.29, 0.717) is 19.8 Å².